The predicted molar refractivity (Wildman–Crippen MR) is 124 cm³/mol. The lowest BCUT2D eigenvalue weighted by Crippen LogP contribution is -2.47. The lowest BCUT2D eigenvalue weighted by molar-refractivity contribution is 0.248. The lowest BCUT2D eigenvalue weighted by atomic mass is 10.2. The number of aromatic amines is 1. The minimum atomic E-state index is -0.438. The van der Waals surface area contributed by atoms with Gasteiger partial charge >= 0.3 is 5.69 Å². The van der Waals surface area contributed by atoms with Crippen molar-refractivity contribution in [1.82, 2.24) is 24.0 Å². The van der Waals surface area contributed by atoms with Crippen molar-refractivity contribution in [2.45, 2.75) is 39.3 Å². The number of nitrogens with zero attached hydrogens (tertiary/aromatic N) is 5. The zero-order valence-electron chi connectivity index (χ0n) is 18.1. The van der Waals surface area contributed by atoms with Gasteiger partial charge in [0.15, 0.2) is 11.2 Å². The number of imidazole rings is 1. The Labute approximate surface area is 186 Å². The van der Waals surface area contributed by atoms with Crippen molar-refractivity contribution < 1.29 is 0 Å². The molecule has 9 heteroatoms. The van der Waals surface area contributed by atoms with Crippen LogP contribution in [0.1, 0.15) is 31.7 Å². The van der Waals surface area contributed by atoms with E-state index < -0.39 is 5.69 Å². The Hall–Kier alpha value is -2.58. The molecule has 0 saturated carbocycles. The molecule has 0 radical (unpaired) electrons. The molecule has 0 amide bonds. The fourth-order valence-corrected chi connectivity index (χ4v) is 4.37. The van der Waals surface area contributed by atoms with Crippen molar-refractivity contribution in [3.63, 3.8) is 0 Å². The number of benzene rings is 1. The third kappa shape index (κ3) is 4.41. The normalized spacial score (nSPS) is 15.1. The highest BCUT2D eigenvalue weighted by Gasteiger charge is 2.25. The van der Waals surface area contributed by atoms with Gasteiger partial charge in [0.05, 0.1) is 0 Å². The average molecular weight is 445 g/mol. The van der Waals surface area contributed by atoms with Crippen LogP contribution in [0.15, 0.2) is 33.9 Å². The zero-order valence-corrected chi connectivity index (χ0v) is 18.9. The van der Waals surface area contributed by atoms with Crippen LogP contribution in [0, 0.1) is 0 Å². The Morgan fingerprint density at radius 3 is 2.55 bits per heavy atom. The maximum absolute atomic E-state index is 12.6. The molecule has 0 atom stereocenters. The summed E-state index contributed by atoms with van der Waals surface area (Å²) in [4.78, 5) is 36.5. The fraction of sp³-hybridized carbons (Fsp3) is 0.500. The van der Waals surface area contributed by atoms with Gasteiger partial charge in [-0.3, -0.25) is 19.2 Å². The molecule has 31 heavy (non-hydrogen) atoms. The van der Waals surface area contributed by atoms with Crippen molar-refractivity contribution >= 4 is 28.7 Å². The fourth-order valence-electron chi connectivity index (χ4n) is 4.17. The summed E-state index contributed by atoms with van der Waals surface area (Å²) in [5, 5.41) is 0.794. The van der Waals surface area contributed by atoms with E-state index in [9.17, 15) is 9.59 Å². The number of hydrogen-bond acceptors (Lipinski definition) is 5. The molecule has 166 valence electrons. The summed E-state index contributed by atoms with van der Waals surface area (Å²) in [7, 11) is 1.65. The van der Waals surface area contributed by atoms with Crippen LogP contribution < -0.4 is 16.1 Å². The third-order valence-corrected chi connectivity index (χ3v) is 6.35. The van der Waals surface area contributed by atoms with Crippen LogP contribution in [-0.4, -0.2) is 50.2 Å². The Balaban J connectivity index is 1.59. The predicted octanol–water partition coefficient (Wildman–Crippen LogP) is 2.59. The first-order valence-corrected chi connectivity index (χ1v) is 11.3. The number of halogens is 1. The first kappa shape index (κ1) is 21.6. The molecule has 1 aliphatic heterocycles. The van der Waals surface area contributed by atoms with Crippen LogP contribution in [0.3, 0.4) is 0 Å². The van der Waals surface area contributed by atoms with Gasteiger partial charge in [0.1, 0.15) is 0 Å². The summed E-state index contributed by atoms with van der Waals surface area (Å²) in [6.07, 6.45) is 3.13. The maximum atomic E-state index is 12.6. The number of unbranched alkanes of at least 4 members (excludes halogenated alkanes) is 2. The van der Waals surface area contributed by atoms with Crippen molar-refractivity contribution in [3.8, 4) is 0 Å². The van der Waals surface area contributed by atoms with Gasteiger partial charge in [-0.05, 0) is 18.1 Å². The molecule has 1 N–H and O–H groups in total. The summed E-state index contributed by atoms with van der Waals surface area (Å²) in [6, 6.07) is 7.95. The SMILES string of the molecule is CCCCCn1c(N2CCN(Cc3ccccc3Cl)CC2)nc2c1c(=O)[nH]c(=O)n2C. The maximum Gasteiger partial charge on any atom is 0.329 e. The second-order valence-corrected chi connectivity index (χ2v) is 8.52. The van der Waals surface area contributed by atoms with E-state index in [0.29, 0.717) is 17.7 Å². The number of anilines is 1. The first-order valence-electron chi connectivity index (χ1n) is 10.9. The highest BCUT2D eigenvalue weighted by molar-refractivity contribution is 6.31. The Morgan fingerprint density at radius 2 is 1.84 bits per heavy atom. The van der Waals surface area contributed by atoms with E-state index in [1.165, 1.54) is 4.57 Å². The molecule has 3 heterocycles. The molecular formula is C22H29ClN6O2. The van der Waals surface area contributed by atoms with Gasteiger partial charge in [-0.1, -0.05) is 49.6 Å². The van der Waals surface area contributed by atoms with Crippen LogP contribution in [-0.2, 0) is 20.1 Å². The molecule has 0 aliphatic carbocycles. The van der Waals surface area contributed by atoms with Crippen LogP contribution >= 0.6 is 11.6 Å². The van der Waals surface area contributed by atoms with E-state index >= 15 is 0 Å². The third-order valence-electron chi connectivity index (χ3n) is 5.98. The first-order chi connectivity index (χ1) is 15.0. The molecule has 1 aromatic carbocycles. The van der Waals surface area contributed by atoms with Gasteiger partial charge in [-0.15, -0.1) is 0 Å². The van der Waals surface area contributed by atoms with E-state index in [4.69, 9.17) is 16.6 Å². The number of fused-ring (bicyclic) bond motifs is 1. The average Bonchev–Trinajstić information content (AvgIpc) is 3.15. The Kier molecular flexibility index (Phi) is 6.48. The van der Waals surface area contributed by atoms with Gasteiger partial charge in [0, 0.05) is 51.3 Å². The monoisotopic (exact) mass is 444 g/mol. The molecule has 0 unspecified atom stereocenters. The van der Waals surface area contributed by atoms with Crippen LogP contribution in [0.5, 0.6) is 0 Å². The van der Waals surface area contributed by atoms with Crippen LogP contribution in [0.25, 0.3) is 11.2 Å². The minimum Gasteiger partial charge on any atom is -0.340 e. The number of hydrogen-bond donors (Lipinski definition) is 1. The van der Waals surface area contributed by atoms with Crippen molar-refractivity contribution in [1.29, 1.82) is 0 Å². The van der Waals surface area contributed by atoms with E-state index in [1.807, 2.05) is 22.8 Å². The van der Waals surface area contributed by atoms with E-state index in [-0.39, 0.29) is 5.56 Å². The van der Waals surface area contributed by atoms with Crippen LogP contribution in [0.4, 0.5) is 5.95 Å². The number of piperazine rings is 1. The van der Waals surface area contributed by atoms with E-state index in [1.54, 1.807) is 7.05 Å². The molecule has 8 nitrogen and oxygen atoms in total. The Morgan fingerprint density at radius 1 is 1.10 bits per heavy atom. The largest absolute Gasteiger partial charge is 0.340 e. The van der Waals surface area contributed by atoms with Gasteiger partial charge in [-0.2, -0.15) is 4.98 Å². The topological polar surface area (TPSA) is 79.2 Å². The summed E-state index contributed by atoms with van der Waals surface area (Å²) in [5.74, 6) is 0.773. The molecular weight excluding hydrogens is 416 g/mol. The number of nitrogens with one attached hydrogen (secondary N) is 1. The van der Waals surface area contributed by atoms with Gasteiger partial charge in [-0.25, -0.2) is 4.79 Å². The lowest BCUT2D eigenvalue weighted by Gasteiger charge is -2.35. The summed E-state index contributed by atoms with van der Waals surface area (Å²) >= 11 is 6.33. The zero-order chi connectivity index (χ0) is 22.0. The molecule has 1 aliphatic rings. The minimum absolute atomic E-state index is 0.370. The molecule has 1 fully saturated rings. The summed E-state index contributed by atoms with van der Waals surface area (Å²) < 4.78 is 3.41. The van der Waals surface area contributed by atoms with Crippen molar-refractivity contribution in [3.05, 3.63) is 55.7 Å². The molecule has 1 saturated heterocycles. The Bertz CT molecular complexity index is 1170. The highest BCUT2D eigenvalue weighted by Crippen LogP contribution is 2.23. The molecule has 3 aromatic rings. The molecule has 0 spiro atoms. The smallest absolute Gasteiger partial charge is 0.329 e. The molecule has 0 bridgehead atoms. The van der Waals surface area contributed by atoms with Crippen LogP contribution in [0.2, 0.25) is 5.02 Å². The quantitative estimate of drug-likeness (QED) is 0.566. The van der Waals surface area contributed by atoms with E-state index in [0.717, 1.165) is 68.5 Å². The number of aryl methyl sites for hydroxylation is 2. The van der Waals surface area contributed by atoms with Crippen molar-refractivity contribution in [2.75, 3.05) is 31.1 Å². The van der Waals surface area contributed by atoms with Gasteiger partial charge in [0.2, 0.25) is 5.95 Å². The summed E-state index contributed by atoms with van der Waals surface area (Å²) in [6.45, 7) is 7.02. The second kappa shape index (κ2) is 9.28. The number of aromatic nitrogens is 4. The highest BCUT2D eigenvalue weighted by atomic mass is 35.5. The van der Waals surface area contributed by atoms with Crippen molar-refractivity contribution in [2.24, 2.45) is 7.05 Å². The summed E-state index contributed by atoms with van der Waals surface area (Å²) in [5.41, 5.74) is 1.24. The standard InChI is InChI=1S/C22H29ClN6O2/c1-3-4-7-10-29-18-19(26(2)22(31)25-20(18)30)24-21(29)28-13-11-27(12-14-28)15-16-8-5-6-9-17(16)23/h5-6,8-9H,3-4,7,10-15H2,1-2H3,(H,25,30,31). The number of rotatable bonds is 7. The van der Waals surface area contributed by atoms with E-state index in [2.05, 4.69) is 27.8 Å². The number of H-pyrrole nitrogens is 1. The molecule has 4 rings (SSSR count). The van der Waals surface area contributed by atoms with Gasteiger partial charge < -0.3 is 9.47 Å². The molecule has 2 aromatic heterocycles. The van der Waals surface area contributed by atoms with Gasteiger partial charge in [0.25, 0.3) is 5.56 Å². The second-order valence-electron chi connectivity index (χ2n) is 8.12.